The summed E-state index contributed by atoms with van der Waals surface area (Å²) < 4.78 is 27.2. The summed E-state index contributed by atoms with van der Waals surface area (Å²) in [6.07, 6.45) is 2.05. The lowest BCUT2D eigenvalue weighted by atomic mass is 9.98. The minimum absolute atomic E-state index is 0.231. The number of amides is 1. The van der Waals surface area contributed by atoms with E-state index in [2.05, 4.69) is 5.32 Å². The van der Waals surface area contributed by atoms with Crippen LogP contribution in [-0.2, 0) is 0 Å². The number of benzene rings is 1. The summed E-state index contributed by atoms with van der Waals surface area (Å²) in [5.41, 5.74) is 4.05. The van der Waals surface area contributed by atoms with Crippen LogP contribution in [-0.4, -0.2) is 11.4 Å². The second-order valence-electron chi connectivity index (χ2n) is 5.28. The number of halogens is 2. The summed E-state index contributed by atoms with van der Waals surface area (Å²) in [4.78, 5) is 11.9. The number of nitrogen functional groups attached to an aromatic ring is 1. The maximum atomic E-state index is 13.7. The van der Waals surface area contributed by atoms with Gasteiger partial charge in [-0.15, -0.1) is 0 Å². The first-order valence-corrected chi connectivity index (χ1v) is 5.89. The minimum atomic E-state index is -1.00. The van der Waals surface area contributed by atoms with Gasteiger partial charge in [-0.2, -0.15) is 0 Å². The molecule has 1 aromatic carbocycles. The fraction of sp³-hybridized carbons (Fsp3) is 0.462. The quantitative estimate of drug-likeness (QED) is 0.814. The number of rotatable bonds is 3. The second kappa shape index (κ2) is 4.23. The topological polar surface area (TPSA) is 55.1 Å². The summed E-state index contributed by atoms with van der Waals surface area (Å²) in [7, 11) is 0. The largest absolute Gasteiger partial charge is 0.396 e. The summed E-state index contributed by atoms with van der Waals surface area (Å²) in [5, 5.41) is 2.67. The van der Waals surface area contributed by atoms with Crippen molar-refractivity contribution < 1.29 is 13.6 Å². The lowest BCUT2D eigenvalue weighted by molar-refractivity contribution is 0.0895. The van der Waals surface area contributed by atoms with Gasteiger partial charge in [0.15, 0.2) is 5.82 Å². The Morgan fingerprint density at radius 2 is 2.00 bits per heavy atom. The Hall–Kier alpha value is -1.65. The van der Waals surface area contributed by atoms with Crippen LogP contribution >= 0.6 is 0 Å². The summed E-state index contributed by atoms with van der Waals surface area (Å²) in [5.74, 6) is -2.28. The molecule has 0 saturated heterocycles. The van der Waals surface area contributed by atoms with Gasteiger partial charge in [0.2, 0.25) is 0 Å². The monoisotopic (exact) mass is 254 g/mol. The van der Waals surface area contributed by atoms with Gasteiger partial charge in [-0.3, -0.25) is 4.79 Å². The molecule has 0 unspecified atom stereocenters. The zero-order valence-electron chi connectivity index (χ0n) is 10.4. The summed E-state index contributed by atoms with van der Waals surface area (Å²) in [6.45, 7) is 3.70. The molecule has 0 atom stereocenters. The maximum absolute atomic E-state index is 13.7. The molecule has 1 aromatic rings. The van der Waals surface area contributed by atoms with Crippen LogP contribution in [0.2, 0.25) is 0 Å². The molecule has 98 valence electrons. The summed E-state index contributed by atoms with van der Waals surface area (Å²) in [6, 6.07) is 2.10. The molecule has 0 radical (unpaired) electrons. The molecule has 1 fully saturated rings. The molecule has 18 heavy (non-hydrogen) atoms. The Bertz CT molecular complexity index is 496. The SMILES string of the molecule is CC(C)(NC(=O)c1c(F)ccc(N)c1F)C1CC1. The van der Waals surface area contributed by atoms with Crippen molar-refractivity contribution in [1.82, 2.24) is 5.32 Å². The van der Waals surface area contributed by atoms with Crippen molar-refractivity contribution in [3.8, 4) is 0 Å². The van der Waals surface area contributed by atoms with Gasteiger partial charge in [-0.05, 0) is 44.7 Å². The number of carbonyl (C=O) groups is 1. The second-order valence-corrected chi connectivity index (χ2v) is 5.28. The molecule has 0 aromatic heterocycles. The zero-order valence-corrected chi connectivity index (χ0v) is 10.4. The average molecular weight is 254 g/mol. The summed E-state index contributed by atoms with van der Waals surface area (Å²) >= 11 is 0. The molecular weight excluding hydrogens is 238 g/mol. The Morgan fingerprint density at radius 1 is 1.39 bits per heavy atom. The number of nitrogens with two attached hydrogens (primary N) is 1. The highest BCUT2D eigenvalue weighted by atomic mass is 19.1. The van der Waals surface area contributed by atoms with E-state index >= 15 is 0 Å². The van der Waals surface area contributed by atoms with Gasteiger partial charge in [0.1, 0.15) is 11.4 Å². The van der Waals surface area contributed by atoms with E-state index in [0.29, 0.717) is 5.92 Å². The number of carbonyl (C=O) groups excluding carboxylic acids is 1. The molecule has 0 aliphatic heterocycles. The zero-order chi connectivity index (χ0) is 13.5. The Labute approximate surface area is 104 Å². The first kappa shape index (κ1) is 12.8. The smallest absolute Gasteiger partial charge is 0.257 e. The number of hydrogen-bond donors (Lipinski definition) is 2. The van der Waals surface area contributed by atoms with E-state index in [0.717, 1.165) is 25.0 Å². The van der Waals surface area contributed by atoms with Crippen molar-refractivity contribution in [2.24, 2.45) is 5.92 Å². The number of hydrogen-bond acceptors (Lipinski definition) is 2. The van der Waals surface area contributed by atoms with Crippen molar-refractivity contribution in [1.29, 1.82) is 0 Å². The van der Waals surface area contributed by atoms with E-state index < -0.39 is 28.6 Å². The Balaban J connectivity index is 2.26. The fourth-order valence-electron chi connectivity index (χ4n) is 2.04. The van der Waals surface area contributed by atoms with E-state index in [9.17, 15) is 13.6 Å². The van der Waals surface area contributed by atoms with Gasteiger partial charge in [-0.25, -0.2) is 8.78 Å². The molecule has 3 nitrogen and oxygen atoms in total. The predicted octanol–water partition coefficient (Wildman–Crippen LogP) is 2.47. The van der Waals surface area contributed by atoms with Crippen LogP contribution in [0.15, 0.2) is 12.1 Å². The van der Waals surface area contributed by atoms with Crippen molar-refractivity contribution in [3.63, 3.8) is 0 Å². The number of anilines is 1. The average Bonchev–Trinajstić information content (AvgIpc) is 3.07. The fourth-order valence-corrected chi connectivity index (χ4v) is 2.04. The molecule has 3 N–H and O–H groups in total. The molecular formula is C13H16F2N2O. The van der Waals surface area contributed by atoms with Gasteiger partial charge in [-0.1, -0.05) is 0 Å². The van der Waals surface area contributed by atoms with Crippen LogP contribution < -0.4 is 11.1 Å². The molecule has 1 aliphatic carbocycles. The Morgan fingerprint density at radius 3 is 2.56 bits per heavy atom. The normalized spacial score (nSPS) is 15.6. The molecule has 0 heterocycles. The molecule has 2 rings (SSSR count). The maximum Gasteiger partial charge on any atom is 0.257 e. The van der Waals surface area contributed by atoms with Crippen molar-refractivity contribution in [2.75, 3.05) is 5.73 Å². The van der Waals surface area contributed by atoms with Gasteiger partial charge in [0, 0.05) is 5.54 Å². The first-order chi connectivity index (χ1) is 8.33. The molecule has 5 heteroatoms. The van der Waals surface area contributed by atoms with Crippen molar-refractivity contribution in [2.45, 2.75) is 32.2 Å². The third-order valence-corrected chi connectivity index (χ3v) is 3.38. The third-order valence-electron chi connectivity index (χ3n) is 3.38. The van der Waals surface area contributed by atoms with Gasteiger partial charge in [0.05, 0.1) is 5.69 Å². The van der Waals surface area contributed by atoms with Gasteiger partial charge in [0.25, 0.3) is 5.91 Å². The minimum Gasteiger partial charge on any atom is -0.396 e. The van der Waals surface area contributed by atoms with E-state index in [1.54, 1.807) is 0 Å². The van der Waals surface area contributed by atoms with Crippen LogP contribution in [0, 0.1) is 17.6 Å². The van der Waals surface area contributed by atoms with Crippen molar-refractivity contribution >= 4 is 11.6 Å². The van der Waals surface area contributed by atoms with E-state index in [1.165, 1.54) is 0 Å². The highest BCUT2D eigenvalue weighted by Crippen LogP contribution is 2.39. The van der Waals surface area contributed by atoms with E-state index in [-0.39, 0.29) is 5.69 Å². The molecule has 1 saturated carbocycles. The van der Waals surface area contributed by atoms with Gasteiger partial charge >= 0.3 is 0 Å². The highest BCUT2D eigenvalue weighted by Gasteiger charge is 2.39. The highest BCUT2D eigenvalue weighted by molar-refractivity contribution is 5.96. The first-order valence-electron chi connectivity index (χ1n) is 5.89. The lowest BCUT2D eigenvalue weighted by Gasteiger charge is -2.26. The van der Waals surface area contributed by atoms with E-state index in [1.807, 2.05) is 13.8 Å². The van der Waals surface area contributed by atoms with Crippen molar-refractivity contribution in [3.05, 3.63) is 29.3 Å². The molecule has 0 spiro atoms. The van der Waals surface area contributed by atoms with Crippen LogP contribution in [0.25, 0.3) is 0 Å². The molecule has 0 bridgehead atoms. The van der Waals surface area contributed by atoms with E-state index in [4.69, 9.17) is 5.73 Å². The van der Waals surface area contributed by atoms with Crippen LogP contribution in [0.4, 0.5) is 14.5 Å². The number of nitrogens with one attached hydrogen (secondary N) is 1. The van der Waals surface area contributed by atoms with Crippen LogP contribution in [0.5, 0.6) is 0 Å². The standard InChI is InChI=1S/C13H16F2N2O/c1-13(2,7-3-4-7)17-12(18)10-8(14)5-6-9(16)11(10)15/h5-7H,3-4,16H2,1-2H3,(H,17,18). The van der Waals surface area contributed by atoms with Crippen LogP contribution in [0.1, 0.15) is 37.0 Å². The van der Waals surface area contributed by atoms with Gasteiger partial charge < -0.3 is 11.1 Å². The third kappa shape index (κ3) is 2.30. The van der Waals surface area contributed by atoms with Crippen LogP contribution in [0.3, 0.4) is 0 Å². The Kier molecular flexibility index (Phi) is 3.00. The molecule has 1 amide bonds. The predicted molar refractivity (Wildman–Crippen MR) is 65.0 cm³/mol. The lowest BCUT2D eigenvalue weighted by Crippen LogP contribution is -2.45. The molecule has 1 aliphatic rings.